The zero-order valence-corrected chi connectivity index (χ0v) is 16.2. The van der Waals surface area contributed by atoms with Crippen LogP contribution in [-0.2, 0) is 28.5 Å². The Bertz CT molecular complexity index is 599. The Hall–Kier alpha value is -0.790. The first-order valence-electron chi connectivity index (χ1n) is 9.68. The summed E-state index contributed by atoms with van der Waals surface area (Å²) in [5.74, 6) is -1.36. The van der Waals surface area contributed by atoms with Crippen LogP contribution in [0.3, 0.4) is 0 Å². The highest BCUT2D eigenvalue weighted by Crippen LogP contribution is 2.57. The van der Waals surface area contributed by atoms with Gasteiger partial charge in [-0.1, -0.05) is 12.5 Å². The Balaban J connectivity index is 1.73. The number of ether oxygens (including phenoxy) is 5. The van der Waals surface area contributed by atoms with Crippen molar-refractivity contribution >= 4 is 5.78 Å². The van der Waals surface area contributed by atoms with Crippen molar-refractivity contribution in [1.82, 2.24) is 0 Å². The predicted octanol–water partition coefficient (Wildman–Crippen LogP) is 2.95. The molecule has 0 amide bonds. The summed E-state index contributed by atoms with van der Waals surface area (Å²) in [4.78, 5) is 12.9. The molecule has 6 atom stereocenters. The maximum Gasteiger partial charge on any atom is 0.188 e. The van der Waals surface area contributed by atoms with Crippen molar-refractivity contribution in [1.29, 1.82) is 0 Å². The number of ketones is 1. The van der Waals surface area contributed by atoms with Crippen molar-refractivity contribution in [3.63, 3.8) is 0 Å². The van der Waals surface area contributed by atoms with Gasteiger partial charge >= 0.3 is 0 Å². The molecule has 26 heavy (non-hydrogen) atoms. The second kappa shape index (κ2) is 6.11. The van der Waals surface area contributed by atoms with E-state index in [1.54, 1.807) is 0 Å². The lowest BCUT2D eigenvalue weighted by molar-refractivity contribution is -0.237. The second-order valence-electron chi connectivity index (χ2n) is 8.82. The Morgan fingerprint density at radius 1 is 1.04 bits per heavy atom. The molecule has 146 valence electrons. The van der Waals surface area contributed by atoms with E-state index in [1.807, 2.05) is 33.8 Å². The number of hydrogen-bond acceptors (Lipinski definition) is 6. The summed E-state index contributed by atoms with van der Waals surface area (Å²) in [5.41, 5.74) is -0.676. The summed E-state index contributed by atoms with van der Waals surface area (Å²) in [6.07, 6.45) is 3.66. The summed E-state index contributed by atoms with van der Waals surface area (Å²) in [6.45, 7) is 12.1. The van der Waals surface area contributed by atoms with Gasteiger partial charge in [-0.3, -0.25) is 4.79 Å². The Morgan fingerprint density at radius 3 is 2.42 bits per heavy atom. The molecular formula is C20H30O6. The van der Waals surface area contributed by atoms with Gasteiger partial charge in [-0.15, -0.1) is 6.58 Å². The standard InChI is InChI=1S/C20H30O6/c1-6-20(12-9-7-8-10-13(12)21)15(14-11-22-18(2,3)24-14)23-17-16(20)25-19(4,5)26-17/h6,12,14-17H,1,7-11H2,2-5H3/t12-,14?,15-,16+,17-,20+/m1/s1. The fourth-order valence-corrected chi connectivity index (χ4v) is 5.15. The summed E-state index contributed by atoms with van der Waals surface area (Å²) in [7, 11) is 0. The van der Waals surface area contributed by atoms with Gasteiger partial charge < -0.3 is 23.7 Å². The van der Waals surface area contributed by atoms with Gasteiger partial charge in [0.25, 0.3) is 0 Å². The number of carbonyl (C=O) groups is 1. The van der Waals surface area contributed by atoms with Gasteiger partial charge in [0.05, 0.1) is 12.0 Å². The largest absolute Gasteiger partial charge is 0.348 e. The minimum Gasteiger partial charge on any atom is -0.348 e. The molecule has 4 rings (SSSR count). The number of Topliss-reactive ketones (excluding diaryl/α,β-unsaturated/α-hetero) is 1. The van der Waals surface area contributed by atoms with E-state index in [0.29, 0.717) is 13.0 Å². The van der Waals surface area contributed by atoms with E-state index in [0.717, 1.165) is 19.3 Å². The second-order valence-corrected chi connectivity index (χ2v) is 8.82. The predicted molar refractivity (Wildman–Crippen MR) is 93.2 cm³/mol. The van der Waals surface area contributed by atoms with Crippen LogP contribution in [0.25, 0.3) is 0 Å². The molecule has 1 aliphatic carbocycles. The number of hydrogen-bond donors (Lipinski definition) is 0. The molecule has 0 N–H and O–H groups in total. The molecular weight excluding hydrogens is 336 g/mol. The van der Waals surface area contributed by atoms with E-state index >= 15 is 0 Å². The normalized spacial score (nSPS) is 47.1. The molecule has 6 nitrogen and oxygen atoms in total. The van der Waals surface area contributed by atoms with Crippen LogP contribution in [0.1, 0.15) is 53.4 Å². The van der Waals surface area contributed by atoms with Crippen LogP contribution in [0.5, 0.6) is 0 Å². The summed E-state index contributed by atoms with van der Waals surface area (Å²) >= 11 is 0. The van der Waals surface area contributed by atoms with Crippen LogP contribution in [0.2, 0.25) is 0 Å². The molecule has 4 aliphatic rings. The lowest BCUT2D eigenvalue weighted by Crippen LogP contribution is -2.54. The molecule has 3 saturated heterocycles. The number of fused-ring (bicyclic) bond motifs is 1. The van der Waals surface area contributed by atoms with Crippen LogP contribution in [0, 0.1) is 11.3 Å². The van der Waals surface area contributed by atoms with Crippen molar-refractivity contribution in [3.8, 4) is 0 Å². The van der Waals surface area contributed by atoms with Crippen molar-refractivity contribution in [3.05, 3.63) is 12.7 Å². The summed E-state index contributed by atoms with van der Waals surface area (Å²) in [6, 6.07) is 0. The van der Waals surface area contributed by atoms with Gasteiger partial charge in [-0.25, -0.2) is 0 Å². The van der Waals surface area contributed by atoms with Gasteiger partial charge in [-0.2, -0.15) is 0 Å². The molecule has 3 heterocycles. The highest BCUT2D eigenvalue weighted by molar-refractivity contribution is 5.83. The third-order valence-corrected chi connectivity index (χ3v) is 6.20. The number of carbonyl (C=O) groups excluding carboxylic acids is 1. The van der Waals surface area contributed by atoms with Crippen molar-refractivity contribution < 1.29 is 28.5 Å². The zero-order chi connectivity index (χ0) is 18.7. The summed E-state index contributed by atoms with van der Waals surface area (Å²) in [5, 5.41) is 0. The lowest BCUT2D eigenvalue weighted by atomic mass is 9.62. The average molecular weight is 366 g/mol. The molecule has 0 aromatic carbocycles. The molecule has 0 radical (unpaired) electrons. The van der Waals surface area contributed by atoms with Crippen molar-refractivity contribution in [2.45, 2.75) is 89.6 Å². The average Bonchev–Trinajstić information content (AvgIpc) is 3.16. The van der Waals surface area contributed by atoms with Gasteiger partial charge in [-0.05, 0) is 40.5 Å². The molecule has 0 bridgehead atoms. The smallest absolute Gasteiger partial charge is 0.188 e. The van der Waals surface area contributed by atoms with Crippen LogP contribution < -0.4 is 0 Å². The van der Waals surface area contributed by atoms with Gasteiger partial charge in [0.2, 0.25) is 0 Å². The maximum absolute atomic E-state index is 12.9. The molecule has 3 aliphatic heterocycles. The van der Waals surface area contributed by atoms with E-state index in [9.17, 15) is 4.79 Å². The maximum atomic E-state index is 12.9. The topological polar surface area (TPSA) is 63.2 Å². The first-order valence-corrected chi connectivity index (χ1v) is 9.68. The Kier molecular flexibility index (Phi) is 4.36. The third kappa shape index (κ3) is 2.78. The molecule has 6 heteroatoms. The van der Waals surface area contributed by atoms with Gasteiger partial charge in [0.15, 0.2) is 17.9 Å². The van der Waals surface area contributed by atoms with Crippen molar-refractivity contribution in [2.24, 2.45) is 11.3 Å². The monoisotopic (exact) mass is 366 g/mol. The van der Waals surface area contributed by atoms with Crippen LogP contribution in [0.15, 0.2) is 12.7 Å². The minimum absolute atomic E-state index is 0.196. The fourth-order valence-electron chi connectivity index (χ4n) is 5.15. The minimum atomic E-state index is -0.751. The van der Waals surface area contributed by atoms with E-state index in [-0.39, 0.29) is 30.0 Å². The Morgan fingerprint density at radius 2 is 1.81 bits per heavy atom. The SMILES string of the molecule is C=C[C@]1([C@@H]2CCCCC2=O)[C@@H](C2COC(C)(C)O2)O[C@@H]2OC(C)(C)O[C@@H]21. The quantitative estimate of drug-likeness (QED) is 0.716. The third-order valence-electron chi connectivity index (χ3n) is 6.20. The first kappa shape index (κ1) is 18.6. The van der Waals surface area contributed by atoms with Gasteiger partial charge in [0.1, 0.15) is 24.1 Å². The van der Waals surface area contributed by atoms with E-state index in [4.69, 9.17) is 23.7 Å². The van der Waals surface area contributed by atoms with Crippen LogP contribution in [0.4, 0.5) is 0 Å². The lowest BCUT2D eigenvalue weighted by Gasteiger charge is -2.44. The molecule has 0 aromatic rings. The number of rotatable bonds is 3. The van der Waals surface area contributed by atoms with Gasteiger partial charge in [0, 0.05) is 12.3 Å². The molecule has 1 unspecified atom stereocenters. The molecule has 0 aromatic heterocycles. The van der Waals surface area contributed by atoms with Crippen LogP contribution >= 0.6 is 0 Å². The highest BCUT2D eigenvalue weighted by atomic mass is 16.8. The molecule has 4 fully saturated rings. The fraction of sp³-hybridized carbons (Fsp3) is 0.850. The Labute approximate surface area is 155 Å². The molecule has 1 saturated carbocycles. The summed E-state index contributed by atoms with van der Waals surface area (Å²) < 4.78 is 30.5. The van der Waals surface area contributed by atoms with Crippen LogP contribution in [-0.4, -0.2) is 48.6 Å². The van der Waals surface area contributed by atoms with E-state index in [1.165, 1.54) is 0 Å². The van der Waals surface area contributed by atoms with Crippen molar-refractivity contribution in [2.75, 3.05) is 6.61 Å². The van der Waals surface area contributed by atoms with E-state index in [2.05, 4.69) is 6.58 Å². The van der Waals surface area contributed by atoms with E-state index < -0.39 is 23.3 Å². The highest BCUT2D eigenvalue weighted by Gasteiger charge is 2.68. The molecule has 0 spiro atoms. The first-order chi connectivity index (χ1) is 12.2. The zero-order valence-electron chi connectivity index (χ0n) is 16.2.